The van der Waals surface area contributed by atoms with Crippen molar-refractivity contribution in [3.63, 3.8) is 0 Å². The molecule has 0 amide bonds. The maximum Gasteiger partial charge on any atom is 0.514 e. The molecule has 2 atom stereocenters. The lowest BCUT2D eigenvalue weighted by molar-refractivity contribution is -0.148. The largest absolute Gasteiger partial charge is 0.514 e. The molecule has 0 unspecified atom stereocenters. The summed E-state index contributed by atoms with van der Waals surface area (Å²) >= 11 is 0. The van der Waals surface area contributed by atoms with Gasteiger partial charge in [0.15, 0.2) is 11.5 Å². The van der Waals surface area contributed by atoms with Crippen LogP contribution in [0.15, 0.2) is 18.2 Å². The summed E-state index contributed by atoms with van der Waals surface area (Å²) < 4.78 is 35.4. The lowest BCUT2D eigenvalue weighted by Gasteiger charge is -2.17. The molecule has 0 radical (unpaired) electrons. The maximum absolute atomic E-state index is 12.4. The summed E-state index contributed by atoms with van der Waals surface area (Å²) in [6.07, 6.45) is -1.77. The van der Waals surface area contributed by atoms with E-state index in [1.54, 1.807) is 34.6 Å². The van der Waals surface area contributed by atoms with Gasteiger partial charge in [-0.1, -0.05) is 25.8 Å². The molecule has 1 aromatic carbocycles. The molecular formula is C26H39NO11. The van der Waals surface area contributed by atoms with Crippen LogP contribution in [0.1, 0.15) is 66.4 Å². The van der Waals surface area contributed by atoms with Crippen molar-refractivity contribution in [2.24, 2.45) is 5.73 Å². The lowest BCUT2D eigenvalue weighted by atomic mass is 10.1. The van der Waals surface area contributed by atoms with Gasteiger partial charge in [0, 0.05) is 0 Å². The van der Waals surface area contributed by atoms with E-state index < -0.39 is 48.8 Å². The van der Waals surface area contributed by atoms with E-state index in [9.17, 15) is 19.2 Å². The molecule has 0 fully saturated rings. The average molecular weight is 542 g/mol. The molecule has 0 aliphatic heterocycles. The van der Waals surface area contributed by atoms with Gasteiger partial charge in [0.25, 0.3) is 0 Å². The lowest BCUT2D eigenvalue weighted by Crippen LogP contribution is -2.36. The fraction of sp³-hybridized carbons (Fsp3) is 0.615. The molecule has 12 heteroatoms. The van der Waals surface area contributed by atoms with Gasteiger partial charge in [0.2, 0.25) is 0 Å². The number of benzene rings is 1. The topological polar surface area (TPSA) is 159 Å². The van der Waals surface area contributed by atoms with E-state index >= 15 is 0 Å². The highest BCUT2D eigenvalue weighted by Gasteiger charge is 2.22. The summed E-state index contributed by atoms with van der Waals surface area (Å²) in [5, 5.41) is 0. The van der Waals surface area contributed by atoms with Crippen molar-refractivity contribution >= 4 is 24.4 Å². The molecule has 1 rings (SSSR count). The minimum absolute atomic E-state index is 0.000148. The fourth-order valence-electron chi connectivity index (χ4n) is 2.84. The van der Waals surface area contributed by atoms with Crippen LogP contribution < -0.4 is 15.2 Å². The number of carbonyl (C=O) groups excluding carboxylic acids is 4. The molecule has 1 aromatic rings. The molecule has 12 nitrogen and oxygen atoms in total. The number of nitrogens with two attached hydrogens (primary N) is 1. The van der Waals surface area contributed by atoms with Crippen molar-refractivity contribution in [1.82, 2.24) is 0 Å². The van der Waals surface area contributed by atoms with Gasteiger partial charge in [-0.2, -0.15) is 0 Å². The van der Waals surface area contributed by atoms with E-state index in [0.717, 1.165) is 19.3 Å². The van der Waals surface area contributed by atoms with Crippen molar-refractivity contribution in [2.75, 3.05) is 13.2 Å². The highest BCUT2D eigenvalue weighted by Crippen LogP contribution is 2.30. The first-order chi connectivity index (χ1) is 17.9. The first-order valence-corrected chi connectivity index (χ1v) is 12.6. The van der Waals surface area contributed by atoms with Crippen molar-refractivity contribution in [3.8, 4) is 11.5 Å². The first-order valence-electron chi connectivity index (χ1n) is 12.6. The third-order valence-corrected chi connectivity index (χ3v) is 4.54. The summed E-state index contributed by atoms with van der Waals surface area (Å²) in [6, 6.07) is 3.20. The molecule has 0 bridgehead atoms. The van der Waals surface area contributed by atoms with Crippen LogP contribution in [0.2, 0.25) is 0 Å². The van der Waals surface area contributed by atoms with Gasteiger partial charge in [-0.15, -0.1) is 0 Å². The van der Waals surface area contributed by atoms with E-state index in [1.807, 2.05) is 6.92 Å². The molecular weight excluding hydrogens is 502 g/mol. The Labute approximate surface area is 223 Å². The van der Waals surface area contributed by atoms with Crippen LogP contribution in [-0.2, 0) is 34.9 Å². The molecule has 38 heavy (non-hydrogen) atoms. The summed E-state index contributed by atoms with van der Waals surface area (Å²) in [6.45, 7) is 10.2. The number of unbranched alkanes of at least 4 members (excludes halogenated alkanes) is 2. The maximum atomic E-state index is 12.4. The van der Waals surface area contributed by atoms with E-state index in [0.29, 0.717) is 5.56 Å². The normalized spacial score (nSPS) is 12.3. The molecule has 0 saturated carbocycles. The second-order valence-corrected chi connectivity index (χ2v) is 8.99. The summed E-state index contributed by atoms with van der Waals surface area (Å²) in [5.74, 6) is -0.961. The molecule has 0 aliphatic carbocycles. The third-order valence-electron chi connectivity index (χ3n) is 4.54. The molecule has 214 valence electrons. The van der Waals surface area contributed by atoms with Gasteiger partial charge in [0.1, 0.15) is 18.8 Å². The second-order valence-electron chi connectivity index (χ2n) is 8.99. The van der Waals surface area contributed by atoms with Crippen LogP contribution in [0.5, 0.6) is 11.5 Å². The van der Waals surface area contributed by atoms with Gasteiger partial charge in [0.05, 0.1) is 18.8 Å². The summed E-state index contributed by atoms with van der Waals surface area (Å²) in [4.78, 5) is 48.0. The number of carbonyl (C=O) groups is 4. The van der Waals surface area contributed by atoms with Crippen molar-refractivity contribution in [1.29, 1.82) is 0 Å². The average Bonchev–Trinajstić information content (AvgIpc) is 2.80. The zero-order valence-corrected chi connectivity index (χ0v) is 22.9. The van der Waals surface area contributed by atoms with Crippen LogP contribution in [0.4, 0.5) is 14.4 Å². The Morgan fingerprint density at radius 1 is 0.789 bits per heavy atom. The highest BCUT2D eigenvalue weighted by atomic mass is 16.8. The number of rotatable bonds is 14. The molecule has 0 spiro atoms. The Bertz CT molecular complexity index is 916. The molecule has 0 heterocycles. The summed E-state index contributed by atoms with van der Waals surface area (Å²) in [7, 11) is 0. The predicted molar refractivity (Wildman–Crippen MR) is 135 cm³/mol. The van der Waals surface area contributed by atoms with Crippen LogP contribution >= 0.6 is 0 Å². The van der Waals surface area contributed by atoms with Gasteiger partial charge >= 0.3 is 24.4 Å². The Morgan fingerprint density at radius 2 is 1.39 bits per heavy atom. The molecule has 2 N–H and O–H groups in total. The predicted octanol–water partition coefficient (Wildman–Crippen LogP) is 4.68. The quantitative estimate of drug-likeness (QED) is 0.150. The molecule has 0 aliphatic rings. The number of hydrogen-bond donors (Lipinski definition) is 1. The fourth-order valence-corrected chi connectivity index (χ4v) is 2.84. The smallest absolute Gasteiger partial charge is 0.461 e. The van der Waals surface area contributed by atoms with Crippen LogP contribution in [-0.4, -0.2) is 62.0 Å². The number of esters is 1. The van der Waals surface area contributed by atoms with Gasteiger partial charge < -0.3 is 38.9 Å². The van der Waals surface area contributed by atoms with Gasteiger partial charge in [-0.05, 0) is 65.2 Å². The van der Waals surface area contributed by atoms with E-state index in [-0.39, 0.29) is 31.1 Å². The monoisotopic (exact) mass is 541 g/mol. The Balaban J connectivity index is 2.75. The van der Waals surface area contributed by atoms with Crippen LogP contribution in [0.3, 0.4) is 0 Å². The minimum atomic E-state index is -1.09. The van der Waals surface area contributed by atoms with Gasteiger partial charge in [-0.25, -0.2) is 14.4 Å². The minimum Gasteiger partial charge on any atom is -0.461 e. The zero-order valence-electron chi connectivity index (χ0n) is 22.9. The Hall–Kier alpha value is -3.54. The first kappa shape index (κ1) is 32.5. The van der Waals surface area contributed by atoms with Crippen molar-refractivity contribution < 1.29 is 52.3 Å². The van der Waals surface area contributed by atoms with Crippen LogP contribution in [0, 0.1) is 0 Å². The summed E-state index contributed by atoms with van der Waals surface area (Å²) in [5.41, 5.74) is 6.46. The van der Waals surface area contributed by atoms with Crippen LogP contribution in [0.25, 0.3) is 0 Å². The Kier molecular flexibility index (Phi) is 14.6. The molecule has 0 saturated heterocycles. The van der Waals surface area contributed by atoms with Gasteiger partial charge in [-0.3, -0.25) is 4.79 Å². The number of ether oxygens (including phenoxy) is 7. The number of hydrogen-bond acceptors (Lipinski definition) is 12. The molecule has 0 aromatic heterocycles. The van der Waals surface area contributed by atoms with E-state index in [1.165, 1.54) is 18.2 Å². The second kappa shape index (κ2) is 17.1. The van der Waals surface area contributed by atoms with E-state index in [2.05, 4.69) is 0 Å². The standard InChI is InChI=1S/C26H39NO11/c1-7-8-9-12-32-24(29)36-18(6)15-33-23(28)20(27)13-19-10-11-21(37-25(30)34-16(2)3)22(14-19)38-26(31)35-17(4)5/h10-11,14,16-18,20H,7-9,12-13,15,27H2,1-6H3/t18-,20-/m0/s1. The SMILES string of the molecule is CCCCCOC(=O)O[C@@H](C)COC(=O)[C@@H](N)Cc1ccc(OC(=O)OC(C)C)c(OC(=O)OC(C)C)c1. The zero-order chi connectivity index (χ0) is 28.7. The van der Waals surface area contributed by atoms with E-state index in [4.69, 9.17) is 38.9 Å². The van der Waals surface area contributed by atoms with Crippen molar-refractivity contribution in [2.45, 2.75) is 91.6 Å². The Morgan fingerprint density at radius 3 is 1.97 bits per heavy atom. The highest BCUT2D eigenvalue weighted by molar-refractivity contribution is 5.76. The third kappa shape index (κ3) is 13.7. The van der Waals surface area contributed by atoms with Crippen molar-refractivity contribution in [3.05, 3.63) is 23.8 Å².